The fourth-order valence-corrected chi connectivity index (χ4v) is 2.00. The first-order valence-corrected chi connectivity index (χ1v) is 4.93. The van der Waals surface area contributed by atoms with E-state index in [2.05, 4.69) is 19.2 Å². The van der Waals surface area contributed by atoms with E-state index in [1.54, 1.807) is 0 Å². The molecule has 2 N–H and O–H groups in total. The van der Waals surface area contributed by atoms with Gasteiger partial charge >= 0.3 is 0 Å². The Morgan fingerprint density at radius 3 is 2.46 bits per heavy atom. The Morgan fingerprint density at radius 1 is 1.46 bits per heavy atom. The van der Waals surface area contributed by atoms with Crippen LogP contribution in [0.2, 0.25) is 0 Å². The highest BCUT2D eigenvalue weighted by molar-refractivity contribution is 4.95. The Labute approximate surface area is 80.5 Å². The molecule has 3 heteroatoms. The van der Waals surface area contributed by atoms with E-state index in [1.165, 1.54) is 0 Å². The summed E-state index contributed by atoms with van der Waals surface area (Å²) >= 11 is 0. The summed E-state index contributed by atoms with van der Waals surface area (Å²) in [5.41, 5.74) is -0.519. The summed E-state index contributed by atoms with van der Waals surface area (Å²) in [6.45, 7) is 9.09. The van der Waals surface area contributed by atoms with Crippen molar-refractivity contribution in [3.8, 4) is 0 Å². The molecule has 0 amide bonds. The van der Waals surface area contributed by atoms with Crippen molar-refractivity contribution in [2.45, 2.75) is 45.4 Å². The van der Waals surface area contributed by atoms with Crippen LogP contribution in [0.5, 0.6) is 0 Å². The van der Waals surface area contributed by atoms with Crippen molar-refractivity contribution in [3.63, 3.8) is 0 Å². The molecule has 0 aromatic heterocycles. The molecular weight excluding hydrogens is 166 g/mol. The van der Waals surface area contributed by atoms with Gasteiger partial charge in [-0.2, -0.15) is 0 Å². The number of ether oxygens (including phenoxy) is 1. The predicted molar refractivity (Wildman–Crippen MR) is 52.4 cm³/mol. The van der Waals surface area contributed by atoms with E-state index < -0.39 is 0 Å². The molecule has 13 heavy (non-hydrogen) atoms. The first-order valence-electron chi connectivity index (χ1n) is 4.93. The molecule has 0 spiro atoms. The SMILES string of the molecule is CC(C)CC1(C)NC(C)(CO)CO1. The summed E-state index contributed by atoms with van der Waals surface area (Å²) in [5, 5.41) is 12.5. The van der Waals surface area contributed by atoms with Crippen molar-refractivity contribution in [2.24, 2.45) is 5.92 Å². The lowest BCUT2D eigenvalue weighted by atomic mass is 10.00. The summed E-state index contributed by atoms with van der Waals surface area (Å²) in [5.74, 6) is 0.596. The molecule has 0 saturated carbocycles. The van der Waals surface area contributed by atoms with Gasteiger partial charge in [0.25, 0.3) is 0 Å². The minimum absolute atomic E-state index is 0.126. The van der Waals surface area contributed by atoms with E-state index in [4.69, 9.17) is 9.84 Å². The third-order valence-corrected chi connectivity index (χ3v) is 2.42. The molecule has 3 nitrogen and oxygen atoms in total. The van der Waals surface area contributed by atoms with Gasteiger partial charge < -0.3 is 9.84 Å². The molecule has 0 bridgehead atoms. The second-order valence-electron chi connectivity index (χ2n) is 4.96. The van der Waals surface area contributed by atoms with E-state index in [0.29, 0.717) is 12.5 Å². The average Bonchev–Trinajstić information content (AvgIpc) is 2.27. The van der Waals surface area contributed by atoms with Crippen LogP contribution in [0, 0.1) is 5.92 Å². The molecule has 1 saturated heterocycles. The van der Waals surface area contributed by atoms with E-state index in [1.807, 2.05) is 13.8 Å². The Balaban J connectivity index is 2.56. The molecule has 2 atom stereocenters. The maximum absolute atomic E-state index is 9.15. The Morgan fingerprint density at radius 2 is 2.08 bits per heavy atom. The standard InChI is InChI=1S/C10H21NO2/c1-8(2)5-10(4)11-9(3,6-12)7-13-10/h8,11-12H,5-7H2,1-4H3. The highest BCUT2D eigenvalue weighted by Gasteiger charge is 2.42. The highest BCUT2D eigenvalue weighted by Crippen LogP contribution is 2.28. The van der Waals surface area contributed by atoms with Crippen LogP contribution in [0.3, 0.4) is 0 Å². The van der Waals surface area contributed by atoms with Crippen molar-refractivity contribution < 1.29 is 9.84 Å². The quantitative estimate of drug-likeness (QED) is 0.695. The van der Waals surface area contributed by atoms with Gasteiger partial charge in [-0.15, -0.1) is 0 Å². The second kappa shape index (κ2) is 3.56. The van der Waals surface area contributed by atoms with Gasteiger partial charge in [0.1, 0.15) is 5.72 Å². The molecule has 0 aromatic rings. The van der Waals surface area contributed by atoms with E-state index in [9.17, 15) is 0 Å². The molecule has 0 aliphatic carbocycles. The molecular formula is C10H21NO2. The van der Waals surface area contributed by atoms with Gasteiger partial charge in [0.2, 0.25) is 0 Å². The maximum atomic E-state index is 9.15. The number of rotatable bonds is 3. The van der Waals surface area contributed by atoms with Crippen molar-refractivity contribution >= 4 is 0 Å². The normalized spacial score (nSPS) is 40.2. The zero-order valence-corrected chi connectivity index (χ0v) is 9.05. The highest BCUT2D eigenvalue weighted by atomic mass is 16.5. The van der Waals surface area contributed by atoms with Crippen LogP contribution in [0.15, 0.2) is 0 Å². The summed E-state index contributed by atoms with van der Waals surface area (Å²) in [6.07, 6.45) is 0.975. The molecule has 2 unspecified atom stereocenters. The van der Waals surface area contributed by atoms with Gasteiger partial charge in [-0.3, -0.25) is 5.32 Å². The molecule has 1 aliphatic heterocycles. The Hall–Kier alpha value is -0.120. The van der Waals surface area contributed by atoms with Crippen LogP contribution in [-0.2, 0) is 4.74 Å². The molecule has 1 fully saturated rings. The molecule has 1 heterocycles. The van der Waals surface area contributed by atoms with Gasteiger partial charge in [-0.1, -0.05) is 13.8 Å². The van der Waals surface area contributed by atoms with Gasteiger partial charge in [0.05, 0.1) is 18.8 Å². The molecule has 0 aromatic carbocycles. The topological polar surface area (TPSA) is 41.5 Å². The van der Waals surface area contributed by atoms with Gasteiger partial charge in [-0.25, -0.2) is 0 Å². The van der Waals surface area contributed by atoms with Gasteiger partial charge in [0.15, 0.2) is 0 Å². The van der Waals surface area contributed by atoms with Crippen LogP contribution >= 0.6 is 0 Å². The summed E-state index contributed by atoms with van der Waals surface area (Å²) in [4.78, 5) is 0. The predicted octanol–water partition coefficient (Wildman–Crippen LogP) is 1.12. The zero-order valence-electron chi connectivity index (χ0n) is 9.05. The van der Waals surface area contributed by atoms with Crippen molar-refractivity contribution in [3.05, 3.63) is 0 Å². The number of hydrogen-bond donors (Lipinski definition) is 2. The lowest BCUT2D eigenvalue weighted by Gasteiger charge is -2.29. The minimum Gasteiger partial charge on any atom is -0.394 e. The number of aliphatic hydroxyl groups is 1. The Kier molecular flexibility index (Phi) is 3.00. The first kappa shape index (κ1) is 11.0. The summed E-state index contributed by atoms with van der Waals surface area (Å²) in [7, 11) is 0. The lowest BCUT2D eigenvalue weighted by Crippen LogP contribution is -2.50. The maximum Gasteiger partial charge on any atom is 0.117 e. The smallest absolute Gasteiger partial charge is 0.117 e. The molecule has 78 valence electrons. The monoisotopic (exact) mass is 187 g/mol. The summed E-state index contributed by atoms with van der Waals surface area (Å²) < 4.78 is 5.69. The largest absolute Gasteiger partial charge is 0.394 e. The van der Waals surface area contributed by atoms with Gasteiger partial charge in [0, 0.05) is 0 Å². The molecule has 1 aliphatic rings. The fourth-order valence-electron chi connectivity index (χ4n) is 2.00. The molecule has 1 rings (SSSR count). The van der Waals surface area contributed by atoms with Crippen molar-refractivity contribution in [1.82, 2.24) is 5.32 Å². The van der Waals surface area contributed by atoms with E-state index in [0.717, 1.165) is 6.42 Å². The first-order chi connectivity index (χ1) is 5.89. The Bertz CT molecular complexity index is 184. The van der Waals surface area contributed by atoms with Gasteiger partial charge in [-0.05, 0) is 26.2 Å². The van der Waals surface area contributed by atoms with Crippen LogP contribution < -0.4 is 5.32 Å². The second-order valence-corrected chi connectivity index (χ2v) is 4.96. The minimum atomic E-state index is -0.260. The van der Waals surface area contributed by atoms with Crippen molar-refractivity contribution in [2.75, 3.05) is 13.2 Å². The molecule has 0 radical (unpaired) electrons. The van der Waals surface area contributed by atoms with E-state index >= 15 is 0 Å². The average molecular weight is 187 g/mol. The van der Waals surface area contributed by atoms with Crippen LogP contribution in [-0.4, -0.2) is 29.6 Å². The number of hydrogen-bond acceptors (Lipinski definition) is 3. The van der Waals surface area contributed by atoms with Crippen LogP contribution in [0.4, 0.5) is 0 Å². The van der Waals surface area contributed by atoms with Crippen LogP contribution in [0.25, 0.3) is 0 Å². The van der Waals surface area contributed by atoms with Crippen LogP contribution in [0.1, 0.15) is 34.1 Å². The van der Waals surface area contributed by atoms with E-state index in [-0.39, 0.29) is 17.9 Å². The third-order valence-electron chi connectivity index (χ3n) is 2.42. The summed E-state index contributed by atoms with van der Waals surface area (Å²) in [6, 6.07) is 0. The van der Waals surface area contributed by atoms with Crippen molar-refractivity contribution in [1.29, 1.82) is 0 Å². The number of nitrogens with one attached hydrogen (secondary N) is 1. The number of aliphatic hydroxyl groups excluding tert-OH is 1. The fraction of sp³-hybridized carbons (Fsp3) is 1.00. The zero-order chi connectivity index (χ0) is 10.1. The third kappa shape index (κ3) is 2.66. The lowest BCUT2D eigenvalue weighted by molar-refractivity contribution is -0.0102.